The minimum Gasteiger partial charge on any atom is -0.477 e. The van der Waals surface area contributed by atoms with Crippen molar-refractivity contribution in [3.8, 4) is 6.07 Å². The van der Waals surface area contributed by atoms with Crippen LogP contribution in [-0.2, 0) is 23.7 Å². The molecule has 3 rings (SSSR count). The van der Waals surface area contributed by atoms with E-state index in [1.807, 2.05) is 26.8 Å². The molecule has 0 saturated heterocycles. The number of carboxylic acids is 1. The Bertz CT molecular complexity index is 810. The number of hydrogen-bond donors (Lipinski definition) is 1. The second-order valence-electron chi connectivity index (χ2n) is 7.20. The van der Waals surface area contributed by atoms with Gasteiger partial charge in [-0.15, -0.1) is 0 Å². The molecule has 0 amide bonds. The summed E-state index contributed by atoms with van der Waals surface area (Å²) in [5.41, 5.74) is 0.458. The van der Waals surface area contributed by atoms with Crippen molar-refractivity contribution in [1.29, 1.82) is 5.26 Å². The summed E-state index contributed by atoms with van der Waals surface area (Å²) >= 11 is 0. The molecule has 2 aliphatic rings. The van der Waals surface area contributed by atoms with Crippen molar-refractivity contribution >= 4 is 11.8 Å². The number of nitriles is 1. The molecule has 0 fully saturated rings. The van der Waals surface area contributed by atoms with Gasteiger partial charge in [0, 0.05) is 23.4 Å². The van der Waals surface area contributed by atoms with Crippen LogP contribution < -0.4 is 0 Å². The standard InChI is InChI=1S/C17H19N3O3/c1-16(2)11-6-5-10-12(15(22)23)20(4)19-13(10)17(11,3)7-9(8-18)14(16)21/h7,11H,5-6H2,1-4H3,(H,22,23)/t11?,17-/m0/s1. The van der Waals surface area contributed by atoms with Gasteiger partial charge in [0.15, 0.2) is 5.78 Å². The van der Waals surface area contributed by atoms with Crippen LogP contribution in [0.15, 0.2) is 11.6 Å². The third kappa shape index (κ3) is 1.83. The Kier molecular flexibility index (Phi) is 3.06. The summed E-state index contributed by atoms with van der Waals surface area (Å²) in [6.45, 7) is 5.70. The summed E-state index contributed by atoms with van der Waals surface area (Å²) in [4.78, 5) is 24.1. The van der Waals surface area contributed by atoms with Crippen LogP contribution in [0.4, 0.5) is 0 Å². The number of aromatic nitrogens is 2. The van der Waals surface area contributed by atoms with Crippen molar-refractivity contribution in [2.24, 2.45) is 18.4 Å². The maximum absolute atomic E-state index is 12.6. The largest absolute Gasteiger partial charge is 0.477 e. The second kappa shape index (κ2) is 4.54. The number of allylic oxidation sites excluding steroid dienone is 2. The summed E-state index contributed by atoms with van der Waals surface area (Å²) in [6.07, 6.45) is 2.97. The van der Waals surface area contributed by atoms with Gasteiger partial charge in [-0.1, -0.05) is 26.8 Å². The second-order valence-corrected chi connectivity index (χ2v) is 7.20. The first kappa shape index (κ1) is 15.5. The van der Waals surface area contributed by atoms with Gasteiger partial charge in [-0.3, -0.25) is 9.48 Å². The monoisotopic (exact) mass is 313 g/mol. The molecular weight excluding hydrogens is 294 g/mol. The number of aryl methyl sites for hydroxylation is 1. The lowest BCUT2D eigenvalue weighted by Crippen LogP contribution is -2.51. The number of ketones is 1. The number of nitrogens with zero attached hydrogens (tertiary/aromatic N) is 3. The SMILES string of the molecule is Cn1nc2c(c1C(=O)O)CCC1C(C)(C)C(=O)C(C#N)=C[C@]21C. The quantitative estimate of drug-likeness (QED) is 0.855. The molecule has 0 aliphatic heterocycles. The van der Waals surface area contributed by atoms with Crippen LogP contribution in [0.2, 0.25) is 0 Å². The highest BCUT2D eigenvalue weighted by Crippen LogP contribution is 2.54. The Hall–Kier alpha value is -2.42. The number of rotatable bonds is 1. The van der Waals surface area contributed by atoms with Crippen LogP contribution in [0, 0.1) is 22.7 Å². The zero-order chi connectivity index (χ0) is 17.2. The van der Waals surface area contributed by atoms with Gasteiger partial charge in [0.05, 0.1) is 11.3 Å². The van der Waals surface area contributed by atoms with E-state index in [2.05, 4.69) is 5.10 Å². The molecule has 1 N–H and O–H groups in total. The van der Waals surface area contributed by atoms with E-state index in [1.165, 1.54) is 4.68 Å². The van der Waals surface area contributed by atoms with Gasteiger partial charge < -0.3 is 5.11 Å². The Morgan fingerprint density at radius 2 is 2.13 bits per heavy atom. The molecular formula is C17H19N3O3. The van der Waals surface area contributed by atoms with Gasteiger partial charge in [-0.2, -0.15) is 10.4 Å². The Morgan fingerprint density at radius 3 is 2.70 bits per heavy atom. The summed E-state index contributed by atoms with van der Waals surface area (Å²) in [5.74, 6) is -1.15. The average molecular weight is 313 g/mol. The highest BCUT2D eigenvalue weighted by Gasteiger charge is 2.55. The summed E-state index contributed by atoms with van der Waals surface area (Å²) in [7, 11) is 1.62. The fourth-order valence-electron chi connectivity index (χ4n) is 4.49. The molecule has 2 aliphatic carbocycles. The Balaban J connectivity index is 2.31. The van der Waals surface area contributed by atoms with Crippen molar-refractivity contribution in [1.82, 2.24) is 9.78 Å². The molecule has 0 spiro atoms. The minimum atomic E-state index is -1.00. The van der Waals surface area contributed by atoms with Crippen molar-refractivity contribution in [3.05, 3.63) is 28.6 Å². The van der Waals surface area contributed by atoms with Crippen LogP contribution in [0.25, 0.3) is 0 Å². The van der Waals surface area contributed by atoms with E-state index < -0.39 is 16.8 Å². The van der Waals surface area contributed by atoms with Gasteiger partial charge in [-0.05, 0) is 18.8 Å². The van der Waals surface area contributed by atoms with E-state index in [0.29, 0.717) is 18.5 Å². The van der Waals surface area contributed by atoms with Crippen molar-refractivity contribution in [3.63, 3.8) is 0 Å². The highest BCUT2D eigenvalue weighted by molar-refractivity contribution is 6.04. The Morgan fingerprint density at radius 1 is 1.48 bits per heavy atom. The van der Waals surface area contributed by atoms with Gasteiger partial charge in [0.1, 0.15) is 11.8 Å². The number of fused-ring (bicyclic) bond motifs is 3. The first-order valence-corrected chi connectivity index (χ1v) is 7.62. The molecule has 6 nitrogen and oxygen atoms in total. The fourth-order valence-corrected chi connectivity index (χ4v) is 4.49. The molecule has 6 heteroatoms. The molecule has 1 unspecified atom stereocenters. The van der Waals surface area contributed by atoms with E-state index in [-0.39, 0.29) is 23.0 Å². The maximum atomic E-state index is 12.6. The number of hydrogen-bond acceptors (Lipinski definition) is 4. The third-order valence-electron chi connectivity index (χ3n) is 5.53. The fraction of sp³-hybridized carbons (Fsp3) is 0.529. The van der Waals surface area contributed by atoms with Crippen molar-refractivity contribution < 1.29 is 14.7 Å². The van der Waals surface area contributed by atoms with Gasteiger partial charge in [-0.25, -0.2) is 4.79 Å². The number of carboxylic acid groups (broad SMARTS) is 1. The predicted octanol–water partition coefficient (Wildman–Crippen LogP) is 2.00. The lowest BCUT2D eigenvalue weighted by atomic mass is 9.52. The maximum Gasteiger partial charge on any atom is 0.354 e. The zero-order valence-electron chi connectivity index (χ0n) is 13.7. The molecule has 2 atom stereocenters. The molecule has 0 aromatic carbocycles. The topological polar surface area (TPSA) is 96.0 Å². The number of carbonyl (C=O) groups excluding carboxylic acids is 1. The van der Waals surface area contributed by atoms with Crippen molar-refractivity contribution in [2.45, 2.75) is 39.0 Å². The lowest BCUT2D eigenvalue weighted by molar-refractivity contribution is -0.128. The lowest BCUT2D eigenvalue weighted by Gasteiger charge is -2.49. The zero-order valence-corrected chi connectivity index (χ0v) is 13.7. The minimum absolute atomic E-state index is 0.0105. The van der Waals surface area contributed by atoms with Crippen LogP contribution in [0.1, 0.15) is 48.9 Å². The van der Waals surface area contributed by atoms with Gasteiger partial charge in [0.2, 0.25) is 0 Å². The predicted molar refractivity (Wildman–Crippen MR) is 81.8 cm³/mol. The smallest absolute Gasteiger partial charge is 0.354 e. The van der Waals surface area contributed by atoms with E-state index in [0.717, 1.165) is 5.56 Å². The van der Waals surface area contributed by atoms with Gasteiger partial charge >= 0.3 is 5.97 Å². The normalized spacial score (nSPS) is 28.4. The molecule has 1 aromatic rings. The molecule has 0 saturated carbocycles. The molecule has 0 bridgehead atoms. The number of aromatic carboxylic acids is 1. The first-order chi connectivity index (χ1) is 10.6. The van der Waals surface area contributed by atoms with Crippen LogP contribution in [-0.4, -0.2) is 26.6 Å². The van der Waals surface area contributed by atoms with E-state index in [4.69, 9.17) is 0 Å². The summed E-state index contributed by atoms with van der Waals surface area (Å²) < 4.78 is 1.39. The molecule has 0 radical (unpaired) electrons. The first-order valence-electron chi connectivity index (χ1n) is 7.62. The highest BCUT2D eigenvalue weighted by atomic mass is 16.4. The molecule has 1 aromatic heterocycles. The summed E-state index contributed by atoms with van der Waals surface area (Å²) in [6, 6.07) is 2.00. The van der Waals surface area contributed by atoms with Crippen molar-refractivity contribution in [2.75, 3.05) is 0 Å². The number of carbonyl (C=O) groups is 2. The average Bonchev–Trinajstić information content (AvgIpc) is 2.80. The van der Waals surface area contributed by atoms with Crippen LogP contribution in [0.5, 0.6) is 0 Å². The molecule has 23 heavy (non-hydrogen) atoms. The van der Waals surface area contributed by atoms with Crippen LogP contribution in [0.3, 0.4) is 0 Å². The number of Topliss-reactive ketones (excluding diaryl/α,β-unsaturated/α-hetero) is 1. The third-order valence-corrected chi connectivity index (χ3v) is 5.53. The summed E-state index contributed by atoms with van der Waals surface area (Å²) in [5, 5.41) is 23.2. The van der Waals surface area contributed by atoms with Gasteiger partial charge in [0.25, 0.3) is 0 Å². The van der Waals surface area contributed by atoms with E-state index >= 15 is 0 Å². The molecule has 120 valence electrons. The van der Waals surface area contributed by atoms with E-state index in [1.54, 1.807) is 13.1 Å². The Labute approximate surface area is 134 Å². The van der Waals surface area contributed by atoms with Crippen LogP contribution >= 0.6 is 0 Å². The molecule has 1 heterocycles. The van der Waals surface area contributed by atoms with E-state index in [9.17, 15) is 20.0 Å².